The van der Waals surface area contributed by atoms with Crippen LogP contribution in [-0.2, 0) is 0 Å². The third-order valence-electron chi connectivity index (χ3n) is 3.38. The predicted molar refractivity (Wildman–Crippen MR) is 83.1 cm³/mol. The quantitative estimate of drug-likeness (QED) is 0.724. The summed E-state index contributed by atoms with van der Waals surface area (Å²) in [6, 6.07) is 13.5. The van der Waals surface area contributed by atoms with E-state index in [2.05, 4.69) is 15.9 Å². The van der Waals surface area contributed by atoms with Crippen LogP contribution in [0.4, 0.5) is 0 Å². The zero-order chi connectivity index (χ0) is 14.1. The van der Waals surface area contributed by atoms with Gasteiger partial charge in [0.25, 0.3) is 0 Å². The van der Waals surface area contributed by atoms with Crippen molar-refractivity contribution < 1.29 is 9.53 Å². The van der Waals surface area contributed by atoms with Crippen molar-refractivity contribution in [3.05, 3.63) is 69.2 Å². The number of hydrogen-bond acceptors (Lipinski definition) is 2. The number of halogens is 1. The van der Waals surface area contributed by atoms with Crippen LogP contribution in [0.2, 0.25) is 0 Å². The van der Waals surface area contributed by atoms with Crippen molar-refractivity contribution in [2.24, 2.45) is 0 Å². The highest BCUT2D eigenvalue weighted by atomic mass is 79.9. The number of carbonyl (C=O) groups excluding carboxylic acids is 1. The highest BCUT2D eigenvalue weighted by molar-refractivity contribution is 9.10. The van der Waals surface area contributed by atoms with Crippen LogP contribution in [0.25, 0.3) is 6.08 Å². The third-order valence-corrected chi connectivity index (χ3v) is 3.87. The van der Waals surface area contributed by atoms with Crippen molar-refractivity contribution in [1.82, 2.24) is 0 Å². The molecule has 0 bridgehead atoms. The van der Waals surface area contributed by atoms with Crippen LogP contribution in [0.15, 0.2) is 52.5 Å². The normalized spacial score (nSPS) is 15.9. The molecule has 0 unspecified atom stereocenters. The van der Waals surface area contributed by atoms with Crippen LogP contribution in [0.1, 0.15) is 21.5 Å². The van der Waals surface area contributed by atoms with Gasteiger partial charge in [-0.25, -0.2) is 0 Å². The van der Waals surface area contributed by atoms with Crippen LogP contribution >= 0.6 is 15.9 Å². The molecule has 2 aromatic rings. The number of rotatable bonds is 1. The van der Waals surface area contributed by atoms with E-state index in [1.807, 2.05) is 55.5 Å². The molecule has 0 amide bonds. The minimum Gasteiger partial charge on any atom is -0.488 e. The van der Waals surface area contributed by atoms with E-state index < -0.39 is 0 Å². The summed E-state index contributed by atoms with van der Waals surface area (Å²) in [5.41, 5.74) is 3.50. The molecule has 1 aliphatic rings. The average Bonchev–Trinajstić information content (AvgIpc) is 2.45. The maximum atomic E-state index is 12.5. The molecule has 0 atom stereocenters. The Morgan fingerprint density at radius 1 is 1.20 bits per heavy atom. The van der Waals surface area contributed by atoms with Crippen LogP contribution in [-0.4, -0.2) is 12.4 Å². The summed E-state index contributed by atoms with van der Waals surface area (Å²) in [6.07, 6.45) is 1.92. The fourth-order valence-corrected chi connectivity index (χ4v) is 2.60. The summed E-state index contributed by atoms with van der Waals surface area (Å²) in [5.74, 6) is 0.691. The van der Waals surface area contributed by atoms with Gasteiger partial charge in [0.1, 0.15) is 12.4 Å². The molecule has 0 radical (unpaired) electrons. The zero-order valence-electron chi connectivity index (χ0n) is 11.0. The van der Waals surface area contributed by atoms with Gasteiger partial charge in [0.05, 0.1) is 5.56 Å². The molecule has 3 rings (SSSR count). The van der Waals surface area contributed by atoms with Gasteiger partial charge in [-0.2, -0.15) is 0 Å². The van der Waals surface area contributed by atoms with E-state index in [4.69, 9.17) is 4.74 Å². The van der Waals surface area contributed by atoms with Gasteiger partial charge < -0.3 is 4.74 Å². The second-order valence-electron chi connectivity index (χ2n) is 4.78. The van der Waals surface area contributed by atoms with Crippen molar-refractivity contribution in [3.63, 3.8) is 0 Å². The Kier molecular flexibility index (Phi) is 3.45. The lowest BCUT2D eigenvalue weighted by molar-refractivity contribution is 0.100. The number of ether oxygens (including phenoxy) is 1. The summed E-state index contributed by atoms with van der Waals surface area (Å²) in [7, 11) is 0. The smallest absolute Gasteiger partial charge is 0.196 e. The Morgan fingerprint density at radius 3 is 2.80 bits per heavy atom. The molecule has 0 aromatic heterocycles. The highest BCUT2D eigenvalue weighted by Crippen LogP contribution is 2.30. The molecule has 1 heterocycles. The molecule has 20 heavy (non-hydrogen) atoms. The van der Waals surface area contributed by atoms with Gasteiger partial charge in [-0.15, -0.1) is 0 Å². The minimum atomic E-state index is 0.0378. The summed E-state index contributed by atoms with van der Waals surface area (Å²) < 4.78 is 6.54. The fourth-order valence-electron chi connectivity index (χ4n) is 2.24. The number of aryl methyl sites for hydroxylation is 1. The van der Waals surface area contributed by atoms with E-state index in [1.54, 1.807) is 0 Å². The fraction of sp³-hybridized carbons (Fsp3) is 0.118. The first-order chi connectivity index (χ1) is 9.65. The molecular weight excluding hydrogens is 316 g/mol. The molecule has 0 aliphatic carbocycles. The van der Waals surface area contributed by atoms with Crippen molar-refractivity contribution in [3.8, 4) is 5.75 Å². The summed E-state index contributed by atoms with van der Waals surface area (Å²) in [6.45, 7) is 2.35. The SMILES string of the molecule is Cc1ccccc1/C=C1\COc2ccc(Br)cc2C1=O. The first-order valence-corrected chi connectivity index (χ1v) is 7.18. The number of hydrogen-bond donors (Lipinski definition) is 0. The Bertz CT molecular complexity index is 717. The molecule has 0 saturated heterocycles. The van der Waals surface area contributed by atoms with Gasteiger partial charge in [-0.3, -0.25) is 4.79 Å². The second kappa shape index (κ2) is 5.25. The van der Waals surface area contributed by atoms with Crippen LogP contribution < -0.4 is 4.74 Å². The molecule has 0 saturated carbocycles. The standard InChI is InChI=1S/C17H13BrO2/c1-11-4-2-3-5-12(11)8-13-10-20-16-7-6-14(18)9-15(16)17(13)19/h2-9H,10H2,1H3/b13-8+. The molecule has 1 aliphatic heterocycles. The van der Waals surface area contributed by atoms with Gasteiger partial charge in [-0.05, 0) is 42.3 Å². The summed E-state index contributed by atoms with van der Waals surface area (Å²) in [4.78, 5) is 12.5. The average molecular weight is 329 g/mol. The van der Waals surface area contributed by atoms with Crippen molar-refractivity contribution in [2.45, 2.75) is 6.92 Å². The minimum absolute atomic E-state index is 0.0378. The summed E-state index contributed by atoms with van der Waals surface area (Å²) >= 11 is 3.39. The van der Waals surface area contributed by atoms with E-state index in [0.29, 0.717) is 23.5 Å². The molecule has 0 spiro atoms. The maximum Gasteiger partial charge on any atom is 0.196 e. The van der Waals surface area contributed by atoms with Gasteiger partial charge >= 0.3 is 0 Å². The number of benzene rings is 2. The number of ketones is 1. The molecule has 2 aromatic carbocycles. The van der Waals surface area contributed by atoms with Crippen LogP contribution in [0.5, 0.6) is 5.75 Å². The molecule has 3 heteroatoms. The largest absolute Gasteiger partial charge is 0.488 e. The zero-order valence-corrected chi connectivity index (χ0v) is 12.6. The molecule has 0 N–H and O–H groups in total. The number of Topliss-reactive ketones (excluding diaryl/α,β-unsaturated/α-hetero) is 1. The van der Waals surface area contributed by atoms with Gasteiger partial charge in [-0.1, -0.05) is 40.2 Å². The van der Waals surface area contributed by atoms with E-state index in [1.165, 1.54) is 0 Å². The van der Waals surface area contributed by atoms with E-state index in [9.17, 15) is 4.79 Å². The van der Waals surface area contributed by atoms with Crippen LogP contribution in [0, 0.1) is 6.92 Å². The van der Waals surface area contributed by atoms with E-state index in [0.717, 1.165) is 15.6 Å². The topological polar surface area (TPSA) is 26.3 Å². The van der Waals surface area contributed by atoms with Gasteiger partial charge in [0.2, 0.25) is 0 Å². The second-order valence-corrected chi connectivity index (χ2v) is 5.70. The van der Waals surface area contributed by atoms with Crippen molar-refractivity contribution in [1.29, 1.82) is 0 Å². The molecule has 0 fully saturated rings. The highest BCUT2D eigenvalue weighted by Gasteiger charge is 2.23. The lowest BCUT2D eigenvalue weighted by atomic mass is 9.97. The number of carbonyl (C=O) groups is 1. The maximum absolute atomic E-state index is 12.5. The van der Waals surface area contributed by atoms with Crippen molar-refractivity contribution in [2.75, 3.05) is 6.61 Å². The Balaban J connectivity index is 2.02. The monoisotopic (exact) mass is 328 g/mol. The summed E-state index contributed by atoms with van der Waals surface area (Å²) in [5, 5.41) is 0. The molecular formula is C17H13BrO2. The first-order valence-electron chi connectivity index (χ1n) is 6.38. The lowest BCUT2D eigenvalue weighted by Crippen LogP contribution is -2.19. The Morgan fingerprint density at radius 2 is 2.00 bits per heavy atom. The molecule has 2 nitrogen and oxygen atoms in total. The Hall–Kier alpha value is -1.87. The Labute approximate surface area is 126 Å². The van der Waals surface area contributed by atoms with Gasteiger partial charge in [0.15, 0.2) is 5.78 Å². The van der Waals surface area contributed by atoms with Crippen LogP contribution in [0.3, 0.4) is 0 Å². The van der Waals surface area contributed by atoms with E-state index in [-0.39, 0.29) is 5.78 Å². The van der Waals surface area contributed by atoms with E-state index >= 15 is 0 Å². The predicted octanol–water partition coefficient (Wildman–Crippen LogP) is 4.42. The first kappa shape index (κ1) is 13.1. The number of fused-ring (bicyclic) bond motifs is 1. The molecule has 100 valence electrons. The third kappa shape index (κ3) is 2.41. The van der Waals surface area contributed by atoms with Crippen molar-refractivity contribution >= 4 is 27.8 Å². The lowest BCUT2D eigenvalue weighted by Gasteiger charge is -2.19. The van der Waals surface area contributed by atoms with Gasteiger partial charge in [0, 0.05) is 10.0 Å².